The molecule has 4 N–H and O–H groups in total. The van der Waals surface area contributed by atoms with Gasteiger partial charge in [-0.15, -0.1) is 0 Å². The van der Waals surface area contributed by atoms with E-state index in [4.69, 9.17) is 20.0 Å². The Balaban J connectivity index is 0.000000235. The Bertz CT molecular complexity index is 612. The fraction of sp³-hybridized carbons (Fsp3) is 0.143. The standard InChI is InChI=1S/C8H11O4P.C6H6O2/c1-6-4-3-5-7(2)8(6)12-13(9,10)11;7-5-2-1-3-6(8)4-5/h3-5H,1-2H3,(H2,9,10,11);1-4,7-8H. The van der Waals surface area contributed by atoms with Crippen molar-refractivity contribution in [1.82, 2.24) is 0 Å². The number of hydrogen-bond donors (Lipinski definition) is 4. The number of benzene rings is 2. The van der Waals surface area contributed by atoms with Crippen molar-refractivity contribution in [3.05, 3.63) is 53.6 Å². The van der Waals surface area contributed by atoms with Crippen molar-refractivity contribution in [2.75, 3.05) is 0 Å². The second kappa shape index (κ2) is 7.13. The normalized spacial score (nSPS) is 10.5. The van der Waals surface area contributed by atoms with Crippen LogP contribution in [-0.2, 0) is 4.57 Å². The number of phenolic OH excluding ortho intramolecular Hbond substituents is 2. The third-order valence-electron chi connectivity index (χ3n) is 2.45. The summed E-state index contributed by atoms with van der Waals surface area (Å²) in [4.78, 5) is 17.2. The summed E-state index contributed by atoms with van der Waals surface area (Å²) in [5.41, 5.74) is 1.42. The van der Waals surface area contributed by atoms with Crippen molar-refractivity contribution >= 4 is 7.82 Å². The predicted molar refractivity (Wildman–Crippen MR) is 78.4 cm³/mol. The maximum absolute atomic E-state index is 10.6. The summed E-state index contributed by atoms with van der Waals surface area (Å²) in [7, 11) is -4.44. The zero-order valence-corrected chi connectivity index (χ0v) is 12.5. The van der Waals surface area contributed by atoms with Crippen molar-refractivity contribution in [3.8, 4) is 17.2 Å². The van der Waals surface area contributed by atoms with Gasteiger partial charge in [-0.2, -0.15) is 0 Å². The Morgan fingerprint density at radius 1 is 0.905 bits per heavy atom. The lowest BCUT2D eigenvalue weighted by Gasteiger charge is -2.11. The van der Waals surface area contributed by atoms with Crippen molar-refractivity contribution < 1.29 is 29.1 Å². The van der Waals surface area contributed by atoms with Gasteiger partial charge in [0.2, 0.25) is 0 Å². The summed E-state index contributed by atoms with van der Waals surface area (Å²) in [6.45, 7) is 3.47. The van der Waals surface area contributed by atoms with Crippen LogP contribution in [0.15, 0.2) is 42.5 Å². The summed E-state index contributed by atoms with van der Waals surface area (Å²) >= 11 is 0. The summed E-state index contributed by atoms with van der Waals surface area (Å²) in [5, 5.41) is 17.3. The molecule has 0 aliphatic heterocycles. The van der Waals surface area contributed by atoms with E-state index in [0.717, 1.165) is 0 Å². The second-order valence-corrected chi connectivity index (χ2v) is 5.49. The lowest BCUT2D eigenvalue weighted by Crippen LogP contribution is -1.94. The lowest BCUT2D eigenvalue weighted by molar-refractivity contribution is 0.282. The van der Waals surface area contributed by atoms with Gasteiger partial charge in [-0.1, -0.05) is 24.3 Å². The monoisotopic (exact) mass is 312 g/mol. The smallest absolute Gasteiger partial charge is 0.508 e. The van der Waals surface area contributed by atoms with Crippen LogP contribution in [-0.4, -0.2) is 20.0 Å². The van der Waals surface area contributed by atoms with Gasteiger partial charge in [0.25, 0.3) is 0 Å². The van der Waals surface area contributed by atoms with E-state index < -0.39 is 7.82 Å². The first-order valence-corrected chi connectivity index (χ1v) is 7.51. The molecule has 0 radical (unpaired) electrons. The Morgan fingerprint density at radius 2 is 1.33 bits per heavy atom. The van der Waals surface area contributed by atoms with Crippen LogP contribution < -0.4 is 4.52 Å². The molecule has 21 heavy (non-hydrogen) atoms. The molecule has 6 nitrogen and oxygen atoms in total. The number of para-hydroxylation sites is 1. The van der Waals surface area contributed by atoms with Gasteiger partial charge in [0.1, 0.15) is 17.2 Å². The van der Waals surface area contributed by atoms with Crippen molar-refractivity contribution in [1.29, 1.82) is 0 Å². The molecule has 7 heteroatoms. The van der Waals surface area contributed by atoms with Crippen LogP contribution in [0.5, 0.6) is 17.2 Å². The van der Waals surface area contributed by atoms with E-state index in [0.29, 0.717) is 11.1 Å². The Morgan fingerprint density at radius 3 is 1.67 bits per heavy atom. The number of phenols is 2. The van der Waals surface area contributed by atoms with E-state index in [1.165, 1.54) is 18.2 Å². The third kappa shape index (κ3) is 6.31. The van der Waals surface area contributed by atoms with E-state index in [1.54, 1.807) is 38.1 Å². The molecule has 0 atom stereocenters. The van der Waals surface area contributed by atoms with E-state index in [-0.39, 0.29) is 17.2 Å². The Hall–Kier alpha value is -2.01. The van der Waals surface area contributed by atoms with Crippen LogP contribution >= 0.6 is 7.82 Å². The molecular weight excluding hydrogens is 295 g/mol. The van der Waals surface area contributed by atoms with Crippen LogP contribution in [0.4, 0.5) is 0 Å². The van der Waals surface area contributed by atoms with Gasteiger partial charge in [0, 0.05) is 6.07 Å². The highest BCUT2D eigenvalue weighted by Crippen LogP contribution is 2.40. The first-order valence-electron chi connectivity index (χ1n) is 5.98. The summed E-state index contributed by atoms with van der Waals surface area (Å²) in [6.07, 6.45) is 0. The fourth-order valence-corrected chi connectivity index (χ4v) is 2.08. The van der Waals surface area contributed by atoms with Crippen LogP contribution in [0.25, 0.3) is 0 Å². The molecule has 0 heterocycles. The van der Waals surface area contributed by atoms with Crippen LogP contribution in [0.2, 0.25) is 0 Å². The lowest BCUT2D eigenvalue weighted by atomic mass is 10.1. The van der Waals surface area contributed by atoms with Crippen molar-refractivity contribution in [3.63, 3.8) is 0 Å². The molecule has 2 rings (SSSR count). The topological polar surface area (TPSA) is 107 Å². The number of aromatic hydroxyl groups is 2. The molecular formula is C14H17O6P. The summed E-state index contributed by atoms with van der Waals surface area (Å²) in [5.74, 6) is 0.436. The molecule has 0 aliphatic carbocycles. The first-order chi connectivity index (χ1) is 9.69. The minimum absolute atomic E-state index is 0.0880. The maximum Gasteiger partial charge on any atom is 0.524 e. The minimum Gasteiger partial charge on any atom is -0.508 e. The minimum atomic E-state index is -4.44. The van der Waals surface area contributed by atoms with Gasteiger partial charge in [-0.25, -0.2) is 4.57 Å². The predicted octanol–water partition coefficient (Wildman–Crippen LogP) is 2.87. The van der Waals surface area contributed by atoms with Crippen LogP contribution in [0.3, 0.4) is 0 Å². The molecule has 0 amide bonds. The van der Waals surface area contributed by atoms with E-state index in [1.807, 2.05) is 0 Å². The molecule has 0 fully saturated rings. The molecule has 0 aliphatic rings. The maximum atomic E-state index is 10.6. The second-order valence-electron chi connectivity index (χ2n) is 4.32. The van der Waals surface area contributed by atoms with Gasteiger partial charge in [-0.05, 0) is 37.1 Å². The number of rotatable bonds is 2. The van der Waals surface area contributed by atoms with Crippen LogP contribution in [0, 0.1) is 13.8 Å². The van der Waals surface area contributed by atoms with Crippen molar-refractivity contribution in [2.24, 2.45) is 0 Å². The molecule has 0 spiro atoms. The molecule has 0 unspecified atom stereocenters. The largest absolute Gasteiger partial charge is 0.524 e. The Kier molecular flexibility index (Phi) is 5.79. The van der Waals surface area contributed by atoms with Gasteiger partial charge < -0.3 is 14.7 Å². The molecule has 0 bridgehead atoms. The molecule has 2 aromatic rings. The van der Waals surface area contributed by atoms with Crippen molar-refractivity contribution in [2.45, 2.75) is 13.8 Å². The number of phosphoric ester groups is 1. The number of hydrogen-bond acceptors (Lipinski definition) is 4. The van der Waals surface area contributed by atoms with Gasteiger partial charge in [0.15, 0.2) is 0 Å². The molecule has 0 saturated carbocycles. The number of aryl methyl sites for hydroxylation is 2. The zero-order chi connectivity index (χ0) is 16.0. The quantitative estimate of drug-likeness (QED) is 0.635. The summed E-state index contributed by atoms with van der Waals surface area (Å²) in [6, 6.07) is 11.1. The highest BCUT2D eigenvalue weighted by molar-refractivity contribution is 7.46. The molecule has 114 valence electrons. The molecule has 2 aromatic carbocycles. The van der Waals surface area contributed by atoms with E-state index in [2.05, 4.69) is 4.52 Å². The third-order valence-corrected chi connectivity index (χ3v) is 2.87. The average molecular weight is 312 g/mol. The number of phosphoric acid groups is 1. The van der Waals surface area contributed by atoms with Gasteiger partial charge in [-0.3, -0.25) is 9.79 Å². The van der Waals surface area contributed by atoms with Gasteiger partial charge >= 0.3 is 7.82 Å². The average Bonchev–Trinajstić information content (AvgIpc) is 2.33. The fourth-order valence-electron chi connectivity index (χ4n) is 1.56. The summed E-state index contributed by atoms with van der Waals surface area (Å²) < 4.78 is 15.1. The van der Waals surface area contributed by atoms with E-state index >= 15 is 0 Å². The highest BCUT2D eigenvalue weighted by atomic mass is 31.2. The molecule has 0 saturated heterocycles. The highest BCUT2D eigenvalue weighted by Gasteiger charge is 2.18. The first kappa shape index (κ1) is 17.0. The van der Waals surface area contributed by atoms with Gasteiger partial charge in [0.05, 0.1) is 0 Å². The SMILES string of the molecule is Cc1cccc(C)c1OP(=O)(O)O.Oc1cccc(O)c1. The van der Waals surface area contributed by atoms with Crippen LogP contribution in [0.1, 0.15) is 11.1 Å². The zero-order valence-electron chi connectivity index (χ0n) is 11.6. The van der Waals surface area contributed by atoms with E-state index in [9.17, 15) is 4.57 Å². The molecule has 0 aromatic heterocycles. The Labute approximate surface area is 122 Å².